The molecule has 2 atom stereocenters. The summed E-state index contributed by atoms with van der Waals surface area (Å²) in [5.74, 6) is 0. The first-order chi connectivity index (χ1) is 10.6. The smallest absolute Gasteiger partial charge is 0.0919 e. The van der Waals surface area contributed by atoms with Crippen molar-refractivity contribution in [1.82, 2.24) is 0 Å². The second-order valence-corrected chi connectivity index (χ2v) is 9.21. The molecule has 3 nitrogen and oxygen atoms in total. The monoisotopic (exact) mass is 315 g/mol. The third-order valence-electron chi connectivity index (χ3n) is 5.76. The molecule has 3 fully saturated rings. The Hall–Kier alpha value is -1.18. The van der Waals surface area contributed by atoms with Gasteiger partial charge in [-0.25, -0.2) is 0 Å². The van der Waals surface area contributed by atoms with Crippen LogP contribution in [0.25, 0.3) is 0 Å². The zero-order chi connectivity index (χ0) is 15.4. The van der Waals surface area contributed by atoms with Crippen molar-refractivity contribution in [2.45, 2.75) is 66.5 Å². The van der Waals surface area contributed by atoms with Gasteiger partial charge in [0.25, 0.3) is 0 Å². The van der Waals surface area contributed by atoms with E-state index >= 15 is 0 Å². The summed E-state index contributed by atoms with van der Waals surface area (Å²) in [6, 6.07) is 10.4. The highest BCUT2D eigenvalue weighted by Gasteiger charge is 2.48. The van der Waals surface area contributed by atoms with Crippen molar-refractivity contribution in [3.05, 3.63) is 35.4 Å². The van der Waals surface area contributed by atoms with Crippen LogP contribution in [-0.4, -0.2) is 19.8 Å². The molecule has 0 spiro atoms. The number of aliphatic hydroxyl groups is 1. The summed E-state index contributed by atoms with van der Waals surface area (Å²) in [5.41, 5.74) is 0.767. The Balaban J connectivity index is 1.68. The second-order valence-electron chi connectivity index (χ2n) is 7.22. The van der Waals surface area contributed by atoms with Gasteiger partial charge >= 0.3 is 0 Å². The molecule has 2 heterocycles. The SMILES string of the molecule is N#CC1(c2cccc(C3(O)CC4CCCC(C3)S4=O)c2)CC1. The Morgan fingerprint density at radius 2 is 1.82 bits per heavy atom. The topological polar surface area (TPSA) is 61.1 Å². The molecule has 2 saturated heterocycles. The minimum Gasteiger partial charge on any atom is -0.385 e. The standard InChI is InChI=1S/C18H21NO2S/c19-12-17(7-8-17)13-3-1-4-14(9-13)18(20)10-15-5-2-6-16(11-18)22(15)21/h1,3-4,9,15-16,20H,2,5-8,10-11H2. The van der Waals surface area contributed by atoms with Gasteiger partial charge in [0, 0.05) is 21.3 Å². The zero-order valence-corrected chi connectivity index (χ0v) is 13.4. The summed E-state index contributed by atoms with van der Waals surface area (Å²) in [5, 5.41) is 20.9. The van der Waals surface area contributed by atoms with E-state index < -0.39 is 16.4 Å². The fourth-order valence-corrected chi connectivity index (χ4v) is 6.44. The summed E-state index contributed by atoms with van der Waals surface area (Å²) < 4.78 is 12.4. The van der Waals surface area contributed by atoms with Gasteiger partial charge in [0.05, 0.1) is 17.1 Å². The molecule has 1 aromatic rings. The number of nitrogens with zero attached hydrogens (tertiary/aromatic N) is 1. The maximum atomic E-state index is 12.4. The minimum atomic E-state index is -0.870. The summed E-state index contributed by atoms with van der Waals surface area (Å²) in [6.07, 6.45) is 6.09. The summed E-state index contributed by atoms with van der Waals surface area (Å²) in [7, 11) is -0.780. The van der Waals surface area contributed by atoms with Crippen molar-refractivity contribution < 1.29 is 9.32 Å². The third kappa shape index (κ3) is 2.14. The quantitative estimate of drug-likeness (QED) is 0.913. The minimum absolute atomic E-state index is 0.131. The molecule has 22 heavy (non-hydrogen) atoms. The van der Waals surface area contributed by atoms with Crippen LogP contribution in [0, 0.1) is 11.3 Å². The predicted octanol–water partition coefficient (Wildman–Crippen LogP) is 2.89. The van der Waals surface area contributed by atoms with Crippen molar-refractivity contribution in [2.75, 3.05) is 0 Å². The summed E-state index contributed by atoms with van der Waals surface area (Å²) >= 11 is 0. The van der Waals surface area contributed by atoms with Crippen molar-refractivity contribution in [2.24, 2.45) is 0 Å². The Labute approximate surface area is 133 Å². The third-order valence-corrected chi connectivity index (χ3v) is 7.88. The fraction of sp³-hybridized carbons (Fsp3) is 0.611. The first-order valence-corrected chi connectivity index (χ1v) is 9.48. The lowest BCUT2D eigenvalue weighted by Crippen LogP contribution is -2.47. The van der Waals surface area contributed by atoms with Crippen LogP contribution in [0.2, 0.25) is 0 Å². The molecule has 2 aliphatic heterocycles. The molecule has 2 bridgehead atoms. The molecule has 0 amide bonds. The molecule has 2 unspecified atom stereocenters. The number of fused-ring (bicyclic) bond motifs is 2. The van der Waals surface area contributed by atoms with Crippen LogP contribution < -0.4 is 0 Å². The Morgan fingerprint density at radius 3 is 2.41 bits per heavy atom. The van der Waals surface area contributed by atoms with Gasteiger partial charge < -0.3 is 5.11 Å². The molecule has 0 aromatic heterocycles. The van der Waals surface area contributed by atoms with E-state index in [1.165, 1.54) is 0 Å². The second kappa shape index (κ2) is 4.91. The van der Waals surface area contributed by atoms with Gasteiger partial charge in [0.1, 0.15) is 0 Å². The Morgan fingerprint density at radius 1 is 1.18 bits per heavy atom. The van der Waals surface area contributed by atoms with Crippen LogP contribution in [0.3, 0.4) is 0 Å². The highest BCUT2D eigenvalue weighted by atomic mass is 32.2. The highest BCUT2D eigenvalue weighted by Crippen LogP contribution is 2.49. The van der Waals surface area contributed by atoms with E-state index in [1.54, 1.807) is 0 Å². The summed E-state index contributed by atoms with van der Waals surface area (Å²) in [6.45, 7) is 0. The van der Waals surface area contributed by atoms with Gasteiger partial charge in [-0.05, 0) is 49.7 Å². The van der Waals surface area contributed by atoms with Crippen LogP contribution in [0.15, 0.2) is 24.3 Å². The van der Waals surface area contributed by atoms with Crippen LogP contribution in [0.5, 0.6) is 0 Å². The van der Waals surface area contributed by atoms with Crippen LogP contribution in [0.1, 0.15) is 56.1 Å². The van der Waals surface area contributed by atoms with Crippen molar-refractivity contribution >= 4 is 10.8 Å². The Bertz CT molecular complexity index is 658. The molecule has 0 radical (unpaired) electrons. The maximum absolute atomic E-state index is 12.4. The van der Waals surface area contributed by atoms with Gasteiger partial charge in [-0.15, -0.1) is 0 Å². The molecule has 4 rings (SSSR count). The van der Waals surface area contributed by atoms with Crippen LogP contribution >= 0.6 is 0 Å². The average Bonchev–Trinajstić information content (AvgIpc) is 3.31. The van der Waals surface area contributed by atoms with Crippen molar-refractivity contribution in [3.63, 3.8) is 0 Å². The molecule has 1 saturated carbocycles. The summed E-state index contributed by atoms with van der Waals surface area (Å²) in [4.78, 5) is 0. The van der Waals surface area contributed by atoms with E-state index in [4.69, 9.17) is 0 Å². The normalized spacial score (nSPS) is 39.0. The largest absolute Gasteiger partial charge is 0.385 e. The van der Waals surface area contributed by atoms with E-state index in [1.807, 2.05) is 24.3 Å². The molecule has 1 N–H and O–H groups in total. The molecule has 1 aliphatic carbocycles. The lowest BCUT2D eigenvalue weighted by atomic mass is 9.79. The lowest BCUT2D eigenvalue weighted by Gasteiger charge is -2.44. The van der Waals surface area contributed by atoms with Gasteiger partial charge in [-0.2, -0.15) is 5.26 Å². The first-order valence-electron chi connectivity index (χ1n) is 8.20. The first kappa shape index (κ1) is 14.4. The van der Waals surface area contributed by atoms with Crippen molar-refractivity contribution in [1.29, 1.82) is 5.26 Å². The van der Waals surface area contributed by atoms with Gasteiger partial charge in [-0.1, -0.05) is 30.7 Å². The van der Waals surface area contributed by atoms with Crippen LogP contribution in [0.4, 0.5) is 0 Å². The highest BCUT2D eigenvalue weighted by molar-refractivity contribution is 7.86. The van der Waals surface area contributed by atoms with Gasteiger partial charge in [0.2, 0.25) is 0 Å². The number of benzene rings is 1. The van der Waals surface area contributed by atoms with E-state index in [-0.39, 0.29) is 15.9 Å². The average molecular weight is 315 g/mol. The van der Waals surface area contributed by atoms with E-state index in [0.29, 0.717) is 12.8 Å². The maximum Gasteiger partial charge on any atom is 0.0919 e. The van der Waals surface area contributed by atoms with Gasteiger partial charge in [-0.3, -0.25) is 4.21 Å². The lowest BCUT2D eigenvalue weighted by molar-refractivity contribution is 0.00646. The molecular formula is C18H21NO2S. The van der Waals surface area contributed by atoms with Gasteiger partial charge in [0.15, 0.2) is 0 Å². The molecule has 3 aliphatic rings. The number of rotatable bonds is 2. The van der Waals surface area contributed by atoms with E-state index in [0.717, 1.165) is 43.2 Å². The fourth-order valence-electron chi connectivity index (χ4n) is 4.21. The van der Waals surface area contributed by atoms with Crippen molar-refractivity contribution in [3.8, 4) is 6.07 Å². The number of nitriles is 1. The predicted molar refractivity (Wildman–Crippen MR) is 85.7 cm³/mol. The van der Waals surface area contributed by atoms with Crippen LogP contribution in [-0.2, 0) is 21.8 Å². The molecular weight excluding hydrogens is 294 g/mol. The Kier molecular flexibility index (Phi) is 3.22. The number of hydrogen-bond donors (Lipinski definition) is 1. The molecule has 1 aromatic carbocycles. The van der Waals surface area contributed by atoms with E-state index in [2.05, 4.69) is 6.07 Å². The zero-order valence-electron chi connectivity index (χ0n) is 12.6. The number of hydrogen-bond acceptors (Lipinski definition) is 3. The van der Waals surface area contributed by atoms with E-state index in [9.17, 15) is 14.6 Å². The molecule has 4 heteroatoms. The molecule has 116 valence electrons.